The fourth-order valence-electron chi connectivity index (χ4n) is 3.30. The number of amides is 1. The van der Waals surface area contributed by atoms with Gasteiger partial charge in [-0.05, 0) is 42.3 Å². The summed E-state index contributed by atoms with van der Waals surface area (Å²) in [6, 6.07) is 15.3. The summed E-state index contributed by atoms with van der Waals surface area (Å²) in [5.74, 6) is 1.74. The van der Waals surface area contributed by atoms with E-state index in [0.29, 0.717) is 18.7 Å². The van der Waals surface area contributed by atoms with Crippen molar-refractivity contribution in [1.29, 1.82) is 0 Å². The van der Waals surface area contributed by atoms with E-state index in [2.05, 4.69) is 10.3 Å². The molecule has 0 aliphatic carbocycles. The Labute approximate surface area is 152 Å². The van der Waals surface area contributed by atoms with Crippen molar-refractivity contribution in [3.8, 4) is 11.5 Å². The van der Waals surface area contributed by atoms with Crippen molar-refractivity contribution in [1.82, 2.24) is 10.3 Å². The van der Waals surface area contributed by atoms with E-state index in [0.717, 1.165) is 34.4 Å². The molecule has 2 aromatic carbocycles. The van der Waals surface area contributed by atoms with E-state index < -0.39 is 0 Å². The first-order chi connectivity index (χ1) is 12.7. The van der Waals surface area contributed by atoms with Crippen LogP contribution in [0.3, 0.4) is 0 Å². The number of pyridine rings is 1. The van der Waals surface area contributed by atoms with Crippen LogP contribution in [0.15, 0.2) is 54.7 Å². The third kappa shape index (κ3) is 3.20. The van der Waals surface area contributed by atoms with Gasteiger partial charge in [0.05, 0.1) is 19.2 Å². The van der Waals surface area contributed by atoms with Crippen molar-refractivity contribution in [2.24, 2.45) is 5.92 Å². The number of carbonyl (C=O) groups is 1. The van der Waals surface area contributed by atoms with Crippen LogP contribution in [0, 0.1) is 5.92 Å². The third-order valence-corrected chi connectivity index (χ3v) is 4.67. The Morgan fingerprint density at radius 3 is 3.08 bits per heavy atom. The molecule has 5 heteroatoms. The van der Waals surface area contributed by atoms with Crippen LogP contribution in [0.5, 0.6) is 11.5 Å². The number of rotatable bonds is 4. The van der Waals surface area contributed by atoms with Crippen LogP contribution < -0.4 is 14.8 Å². The standard InChI is InChI=1S/C21H20N2O3/c1-25-19-6-2-4-16-10-14(13-26-20(16)19)12-23-21(24)17-7-8-18-15(11-17)5-3-9-22-18/h2-9,11,14H,10,12-13H2,1H3,(H,23,24)/t14-/m0/s1. The highest BCUT2D eigenvalue weighted by molar-refractivity contribution is 5.97. The van der Waals surface area contributed by atoms with Crippen LogP contribution in [0.4, 0.5) is 0 Å². The molecule has 2 heterocycles. The maximum atomic E-state index is 12.5. The van der Waals surface area contributed by atoms with Gasteiger partial charge in [0.25, 0.3) is 5.91 Å². The van der Waals surface area contributed by atoms with Gasteiger partial charge in [0, 0.05) is 29.6 Å². The number of hydrogen-bond acceptors (Lipinski definition) is 4. The van der Waals surface area contributed by atoms with Crippen molar-refractivity contribution < 1.29 is 14.3 Å². The number of hydrogen-bond donors (Lipinski definition) is 1. The number of para-hydroxylation sites is 1. The Morgan fingerprint density at radius 2 is 2.19 bits per heavy atom. The molecule has 0 saturated heterocycles. The molecular weight excluding hydrogens is 328 g/mol. The SMILES string of the molecule is COc1cccc2c1OC[C@H](CNC(=O)c1ccc3ncccc3c1)C2. The van der Waals surface area contributed by atoms with Gasteiger partial charge >= 0.3 is 0 Å². The Bertz CT molecular complexity index is 955. The van der Waals surface area contributed by atoms with Gasteiger partial charge in [0.1, 0.15) is 0 Å². The van der Waals surface area contributed by atoms with Crippen LogP contribution in [-0.4, -0.2) is 31.2 Å². The zero-order chi connectivity index (χ0) is 17.9. The number of methoxy groups -OCH3 is 1. The number of benzene rings is 2. The lowest BCUT2D eigenvalue weighted by Crippen LogP contribution is -2.34. The van der Waals surface area contributed by atoms with Crippen molar-refractivity contribution in [3.05, 3.63) is 65.9 Å². The average molecular weight is 348 g/mol. The lowest BCUT2D eigenvalue weighted by molar-refractivity contribution is 0.0938. The van der Waals surface area contributed by atoms with Gasteiger partial charge in [-0.2, -0.15) is 0 Å². The van der Waals surface area contributed by atoms with E-state index in [1.807, 2.05) is 48.5 Å². The number of fused-ring (bicyclic) bond motifs is 2. The molecule has 0 radical (unpaired) electrons. The molecule has 1 aliphatic rings. The van der Waals surface area contributed by atoms with Crippen LogP contribution in [-0.2, 0) is 6.42 Å². The minimum atomic E-state index is -0.0767. The monoisotopic (exact) mass is 348 g/mol. The van der Waals surface area contributed by atoms with Gasteiger partial charge in [0.2, 0.25) is 0 Å². The number of aromatic nitrogens is 1. The van der Waals surface area contributed by atoms with Crippen LogP contribution >= 0.6 is 0 Å². The normalized spacial score (nSPS) is 15.8. The van der Waals surface area contributed by atoms with Gasteiger partial charge in [-0.25, -0.2) is 0 Å². The predicted octanol–water partition coefficient (Wildman–Crippen LogP) is 3.22. The summed E-state index contributed by atoms with van der Waals surface area (Å²) in [6.07, 6.45) is 2.60. The summed E-state index contributed by atoms with van der Waals surface area (Å²) in [6.45, 7) is 1.13. The van der Waals surface area contributed by atoms with E-state index in [-0.39, 0.29) is 11.8 Å². The quantitative estimate of drug-likeness (QED) is 0.786. The van der Waals surface area contributed by atoms with Gasteiger partial charge in [-0.3, -0.25) is 9.78 Å². The molecule has 0 fully saturated rings. The molecule has 5 nitrogen and oxygen atoms in total. The fraction of sp³-hybridized carbons (Fsp3) is 0.238. The summed E-state index contributed by atoms with van der Waals surface area (Å²) in [5, 5.41) is 3.98. The zero-order valence-corrected chi connectivity index (χ0v) is 14.6. The minimum Gasteiger partial charge on any atom is -0.493 e. The molecule has 26 heavy (non-hydrogen) atoms. The molecule has 1 atom stereocenters. The van der Waals surface area contributed by atoms with E-state index in [9.17, 15) is 4.79 Å². The maximum absolute atomic E-state index is 12.5. The summed E-state index contributed by atoms with van der Waals surface area (Å²) in [5.41, 5.74) is 2.64. The van der Waals surface area contributed by atoms with E-state index in [1.165, 1.54) is 0 Å². The van der Waals surface area contributed by atoms with Crippen molar-refractivity contribution in [2.75, 3.05) is 20.3 Å². The highest BCUT2D eigenvalue weighted by Gasteiger charge is 2.23. The fourth-order valence-corrected chi connectivity index (χ4v) is 3.30. The Kier molecular flexibility index (Phi) is 4.44. The highest BCUT2D eigenvalue weighted by Crippen LogP contribution is 2.35. The lowest BCUT2D eigenvalue weighted by Gasteiger charge is -2.26. The summed E-state index contributed by atoms with van der Waals surface area (Å²) in [7, 11) is 1.64. The van der Waals surface area contributed by atoms with E-state index in [1.54, 1.807) is 13.3 Å². The number of nitrogens with zero attached hydrogens (tertiary/aromatic N) is 1. The van der Waals surface area contributed by atoms with Crippen molar-refractivity contribution >= 4 is 16.8 Å². The predicted molar refractivity (Wildman–Crippen MR) is 99.8 cm³/mol. The molecule has 0 saturated carbocycles. The third-order valence-electron chi connectivity index (χ3n) is 4.67. The summed E-state index contributed by atoms with van der Waals surface area (Å²) < 4.78 is 11.2. The van der Waals surface area contributed by atoms with Gasteiger partial charge in [-0.1, -0.05) is 18.2 Å². The molecule has 0 spiro atoms. The number of ether oxygens (including phenoxy) is 2. The first-order valence-corrected chi connectivity index (χ1v) is 8.66. The summed E-state index contributed by atoms with van der Waals surface area (Å²) >= 11 is 0. The van der Waals surface area contributed by atoms with Crippen molar-refractivity contribution in [3.63, 3.8) is 0 Å². The van der Waals surface area contributed by atoms with Crippen LogP contribution in [0.2, 0.25) is 0 Å². The molecule has 1 N–H and O–H groups in total. The Hall–Kier alpha value is -3.08. The molecule has 132 valence electrons. The van der Waals surface area contributed by atoms with E-state index >= 15 is 0 Å². The molecule has 0 unspecified atom stereocenters. The van der Waals surface area contributed by atoms with E-state index in [4.69, 9.17) is 9.47 Å². The second-order valence-corrected chi connectivity index (χ2v) is 6.45. The molecule has 1 amide bonds. The van der Waals surface area contributed by atoms with Gasteiger partial charge in [0.15, 0.2) is 11.5 Å². The van der Waals surface area contributed by atoms with Gasteiger partial charge < -0.3 is 14.8 Å². The second kappa shape index (κ2) is 7.04. The van der Waals surface area contributed by atoms with Gasteiger partial charge in [-0.15, -0.1) is 0 Å². The second-order valence-electron chi connectivity index (χ2n) is 6.45. The number of nitrogens with one attached hydrogen (secondary N) is 1. The van der Waals surface area contributed by atoms with Crippen LogP contribution in [0.25, 0.3) is 10.9 Å². The first kappa shape index (κ1) is 16.4. The highest BCUT2D eigenvalue weighted by atomic mass is 16.5. The zero-order valence-electron chi connectivity index (χ0n) is 14.6. The topological polar surface area (TPSA) is 60.5 Å². The Morgan fingerprint density at radius 1 is 1.27 bits per heavy atom. The largest absolute Gasteiger partial charge is 0.493 e. The first-order valence-electron chi connectivity index (χ1n) is 8.66. The number of carbonyl (C=O) groups excluding carboxylic acids is 1. The molecule has 4 rings (SSSR count). The van der Waals surface area contributed by atoms with Crippen LogP contribution in [0.1, 0.15) is 15.9 Å². The molecule has 3 aromatic rings. The Balaban J connectivity index is 1.41. The molecule has 1 aliphatic heterocycles. The molecular formula is C21H20N2O3. The summed E-state index contributed by atoms with van der Waals surface area (Å²) in [4.78, 5) is 16.8. The smallest absolute Gasteiger partial charge is 0.251 e. The lowest BCUT2D eigenvalue weighted by atomic mass is 9.96. The molecule has 1 aromatic heterocycles. The molecule has 0 bridgehead atoms. The average Bonchev–Trinajstić information content (AvgIpc) is 2.70. The minimum absolute atomic E-state index is 0.0767. The van der Waals surface area contributed by atoms with Crippen molar-refractivity contribution in [2.45, 2.75) is 6.42 Å². The maximum Gasteiger partial charge on any atom is 0.251 e.